The average Bonchev–Trinajstić information content (AvgIpc) is 3.44. The van der Waals surface area contributed by atoms with Crippen molar-refractivity contribution in [1.82, 2.24) is 19.4 Å². The molecular formula is C23H29FN4OS. The van der Waals surface area contributed by atoms with Crippen LogP contribution in [0.25, 0.3) is 0 Å². The first-order valence-corrected chi connectivity index (χ1v) is 12.0. The van der Waals surface area contributed by atoms with Gasteiger partial charge in [-0.15, -0.1) is 5.10 Å². The van der Waals surface area contributed by atoms with Crippen molar-refractivity contribution in [1.29, 1.82) is 0 Å². The van der Waals surface area contributed by atoms with Crippen LogP contribution >= 0.6 is 11.5 Å². The van der Waals surface area contributed by atoms with Gasteiger partial charge in [0.2, 0.25) is 5.91 Å². The lowest BCUT2D eigenvalue weighted by Crippen LogP contribution is -2.46. The van der Waals surface area contributed by atoms with Gasteiger partial charge in [0.15, 0.2) is 0 Å². The molecule has 1 amide bonds. The van der Waals surface area contributed by atoms with Gasteiger partial charge >= 0.3 is 0 Å². The van der Waals surface area contributed by atoms with Gasteiger partial charge in [0.25, 0.3) is 0 Å². The SMILES string of the molecule is O=C(CN1CC[C@H]2CCCC[C@H]2C1)N1C[C@@H](c2ccc(F)cc2)[C@H](c2csnn2)C1. The quantitative estimate of drug-likeness (QED) is 0.741. The van der Waals surface area contributed by atoms with E-state index in [4.69, 9.17) is 0 Å². The van der Waals surface area contributed by atoms with E-state index in [1.54, 1.807) is 0 Å². The summed E-state index contributed by atoms with van der Waals surface area (Å²) in [7, 11) is 0. The Morgan fingerprint density at radius 2 is 1.80 bits per heavy atom. The van der Waals surface area contributed by atoms with Crippen molar-refractivity contribution in [3.8, 4) is 0 Å². The number of benzene rings is 1. The number of likely N-dealkylation sites (tertiary alicyclic amines) is 2. The van der Waals surface area contributed by atoms with Gasteiger partial charge in [0, 0.05) is 36.9 Å². The second-order valence-electron chi connectivity index (χ2n) is 9.22. The van der Waals surface area contributed by atoms with E-state index in [0.29, 0.717) is 19.6 Å². The normalized spacial score (nSPS) is 29.7. The lowest BCUT2D eigenvalue weighted by atomic mass is 9.75. The molecule has 3 fully saturated rings. The van der Waals surface area contributed by atoms with E-state index in [9.17, 15) is 9.18 Å². The molecule has 4 atom stereocenters. The molecule has 2 aromatic rings. The van der Waals surface area contributed by atoms with Crippen LogP contribution in [-0.4, -0.2) is 58.0 Å². The molecule has 160 valence electrons. The summed E-state index contributed by atoms with van der Waals surface area (Å²) in [5.41, 5.74) is 2.00. The van der Waals surface area contributed by atoms with Gasteiger partial charge in [-0.05, 0) is 60.5 Å². The summed E-state index contributed by atoms with van der Waals surface area (Å²) < 4.78 is 17.5. The monoisotopic (exact) mass is 428 g/mol. The molecule has 5 rings (SSSR count). The van der Waals surface area contributed by atoms with Crippen LogP contribution in [0.4, 0.5) is 4.39 Å². The van der Waals surface area contributed by atoms with Crippen LogP contribution in [0.15, 0.2) is 29.6 Å². The van der Waals surface area contributed by atoms with E-state index in [0.717, 1.165) is 36.2 Å². The largest absolute Gasteiger partial charge is 0.340 e. The van der Waals surface area contributed by atoms with Crippen molar-refractivity contribution in [2.24, 2.45) is 11.8 Å². The fraction of sp³-hybridized carbons (Fsp3) is 0.609. The van der Waals surface area contributed by atoms with Gasteiger partial charge in [-0.2, -0.15) is 0 Å². The number of carbonyl (C=O) groups excluding carboxylic acids is 1. The van der Waals surface area contributed by atoms with E-state index >= 15 is 0 Å². The van der Waals surface area contributed by atoms with Gasteiger partial charge in [-0.25, -0.2) is 4.39 Å². The lowest BCUT2D eigenvalue weighted by molar-refractivity contribution is -0.132. The number of hydrogen-bond acceptors (Lipinski definition) is 5. The van der Waals surface area contributed by atoms with Crippen LogP contribution in [0.5, 0.6) is 0 Å². The van der Waals surface area contributed by atoms with Gasteiger partial charge in [-0.3, -0.25) is 9.69 Å². The minimum Gasteiger partial charge on any atom is -0.340 e. The first-order valence-electron chi connectivity index (χ1n) is 11.2. The summed E-state index contributed by atoms with van der Waals surface area (Å²) in [6.07, 6.45) is 6.67. The molecule has 0 radical (unpaired) electrons. The number of halogens is 1. The Morgan fingerprint density at radius 3 is 2.57 bits per heavy atom. The number of carbonyl (C=O) groups is 1. The molecule has 2 saturated heterocycles. The lowest BCUT2D eigenvalue weighted by Gasteiger charge is -2.41. The van der Waals surface area contributed by atoms with E-state index in [2.05, 4.69) is 14.5 Å². The predicted molar refractivity (Wildman–Crippen MR) is 115 cm³/mol. The molecule has 2 aliphatic heterocycles. The fourth-order valence-electron chi connectivity index (χ4n) is 5.80. The fourth-order valence-corrected chi connectivity index (χ4v) is 6.32. The Hall–Kier alpha value is -1.86. The number of fused-ring (bicyclic) bond motifs is 1. The smallest absolute Gasteiger partial charge is 0.236 e. The summed E-state index contributed by atoms with van der Waals surface area (Å²) in [5.74, 6) is 1.87. The maximum absolute atomic E-state index is 13.4. The number of amides is 1. The maximum Gasteiger partial charge on any atom is 0.236 e. The molecule has 1 aromatic carbocycles. The molecule has 1 aromatic heterocycles. The van der Waals surface area contributed by atoms with Crippen molar-refractivity contribution in [2.75, 3.05) is 32.7 Å². The standard InChI is InChI=1S/C23H29FN4OS/c24-19-7-5-17(6-8-19)20-12-28(13-21(20)22-15-30-26-25-22)23(29)14-27-10-9-16-3-1-2-4-18(16)11-27/h5-8,15-16,18,20-21H,1-4,9-14H2/t16-,18+,20+,21-/m1/s1. The number of nitrogens with zero attached hydrogens (tertiary/aromatic N) is 4. The molecular weight excluding hydrogens is 399 g/mol. The summed E-state index contributed by atoms with van der Waals surface area (Å²) in [5, 5.41) is 6.27. The number of hydrogen-bond donors (Lipinski definition) is 0. The predicted octanol–water partition coefficient (Wildman–Crippen LogP) is 3.90. The van der Waals surface area contributed by atoms with Crippen LogP contribution in [-0.2, 0) is 4.79 Å². The molecule has 7 heteroatoms. The molecule has 0 N–H and O–H groups in total. The number of aromatic nitrogens is 2. The second kappa shape index (κ2) is 8.71. The van der Waals surface area contributed by atoms with E-state index in [-0.39, 0.29) is 23.6 Å². The first-order chi connectivity index (χ1) is 14.7. The van der Waals surface area contributed by atoms with Crippen LogP contribution < -0.4 is 0 Å². The summed E-state index contributed by atoms with van der Waals surface area (Å²) in [6, 6.07) is 6.69. The summed E-state index contributed by atoms with van der Waals surface area (Å²) >= 11 is 1.34. The highest BCUT2D eigenvalue weighted by molar-refractivity contribution is 7.03. The number of piperidine rings is 1. The Balaban J connectivity index is 1.27. The molecule has 1 aliphatic carbocycles. The highest BCUT2D eigenvalue weighted by Gasteiger charge is 2.39. The summed E-state index contributed by atoms with van der Waals surface area (Å²) in [4.78, 5) is 17.6. The maximum atomic E-state index is 13.4. The topological polar surface area (TPSA) is 49.3 Å². The highest BCUT2D eigenvalue weighted by atomic mass is 32.1. The van der Waals surface area contributed by atoms with Crippen molar-refractivity contribution in [3.63, 3.8) is 0 Å². The Kier molecular flexibility index (Phi) is 5.83. The van der Waals surface area contributed by atoms with E-state index in [1.807, 2.05) is 22.4 Å². The highest BCUT2D eigenvalue weighted by Crippen LogP contribution is 2.40. The summed E-state index contributed by atoms with van der Waals surface area (Å²) in [6.45, 7) is 3.95. The first kappa shape index (κ1) is 20.1. The van der Waals surface area contributed by atoms with E-state index in [1.165, 1.54) is 55.8 Å². The van der Waals surface area contributed by atoms with Crippen molar-refractivity contribution >= 4 is 17.4 Å². The van der Waals surface area contributed by atoms with Crippen LogP contribution in [0.3, 0.4) is 0 Å². The van der Waals surface area contributed by atoms with Gasteiger partial charge in [0.1, 0.15) is 5.82 Å². The Labute approximate surface area is 181 Å². The van der Waals surface area contributed by atoms with Crippen LogP contribution in [0.2, 0.25) is 0 Å². The molecule has 3 aliphatic rings. The van der Waals surface area contributed by atoms with Crippen molar-refractivity contribution in [3.05, 3.63) is 46.7 Å². The molecule has 30 heavy (non-hydrogen) atoms. The minimum absolute atomic E-state index is 0.113. The van der Waals surface area contributed by atoms with Gasteiger partial charge in [-0.1, -0.05) is 35.9 Å². The van der Waals surface area contributed by atoms with Gasteiger partial charge < -0.3 is 4.90 Å². The van der Waals surface area contributed by atoms with Crippen LogP contribution in [0.1, 0.15) is 55.2 Å². The molecule has 1 saturated carbocycles. The molecule has 0 unspecified atom stereocenters. The van der Waals surface area contributed by atoms with Crippen molar-refractivity contribution in [2.45, 2.75) is 43.9 Å². The molecule has 0 bridgehead atoms. The second-order valence-corrected chi connectivity index (χ2v) is 9.83. The number of rotatable bonds is 4. The third kappa shape index (κ3) is 4.14. The zero-order valence-electron chi connectivity index (χ0n) is 17.3. The molecule has 0 spiro atoms. The third-order valence-electron chi connectivity index (χ3n) is 7.46. The minimum atomic E-state index is -0.234. The van der Waals surface area contributed by atoms with Crippen molar-refractivity contribution < 1.29 is 9.18 Å². The Bertz CT molecular complexity index is 859. The average molecular weight is 429 g/mol. The molecule has 3 heterocycles. The Morgan fingerprint density at radius 1 is 1.03 bits per heavy atom. The zero-order valence-corrected chi connectivity index (χ0v) is 18.1. The van der Waals surface area contributed by atoms with E-state index < -0.39 is 0 Å². The third-order valence-corrected chi connectivity index (χ3v) is 7.98. The molecule has 5 nitrogen and oxygen atoms in total. The van der Waals surface area contributed by atoms with Gasteiger partial charge in [0.05, 0.1) is 12.2 Å². The van der Waals surface area contributed by atoms with Crippen LogP contribution in [0, 0.1) is 17.7 Å². The zero-order chi connectivity index (χ0) is 20.5.